The minimum absolute atomic E-state index is 0.000238. The Kier molecular flexibility index (Phi) is 5.63. The molecule has 0 saturated carbocycles. The molecule has 0 aliphatic carbocycles. The lowest BCUT2D eigenvalue weighted by Gasteiger charge is -2.07. The molecule has 2 rings (SSSR count). The summed E-state index contributed by atoms with van der Waals surface area (Å²) in [5, 5.41) is 1.42. The van der Waals surface area contributed by atoms with Gasteiger partial charge in [-0.3, -0.25) is 14.2 Å². The van der Waals surface area contributed by atoms with Crippen molar-refractivity contribution in [2.24, 2.45) is 7.05 Å². The smallest absolute Gasteiger partial charge is 0.305 e. The van der Waals surface area contributed by atoms with Crippen molar-refractivity contribution >= 4 is 39.3 Å². The van der Waals surface area contributed by atoms with Crippen LogP contribution in [0.3, 0.4) is 0 Å². The second kappa shape index (κ2) is 7.28. The summed E-state index contributed by atoms with van der Waals surface area (Å²) in [6.07, 6.45) is 1.11. The van der Waals surface area contributed by atoms with Gasteiger partial charge in [0.1, 0.15) is 4.83 Å². The van der Waals surface area contributed by atoms with Gasteiger partial charge >= 0.3 is 5.97 Å². The number of aryl methyl sites for hydroxylation is 2. The van der Waals surface area contributed by atoms with Crippen molar-refractivity contribution in [3.63, 3.8) is 0 Å². The minimum atomic E-state index is -0.176. The van der Waals surface area contributed by atoms with Crippen LogP contribution in [-0.2, 0) is 16.6 Å². The number of rotatable bonds is 6. The van der Waals surface area contributed by atoms with Crippen LogP contribution in [0.25, 0.3) is 10.2 Å². The lowest BCUT2D eigenvalue weighted by molar-refractivity contribution is -0.143. The van der Waals surface area contributed by atoms with Crippen LogP contribution in [0.1, 0.15) is 30.2 Å². The lowest BCUT2D eigenvalue weighted by Crippen LogP contribution is -2.20. The first-order valence-electron chi connectivity index (χ1n) is 7.20. The quantitative estimate of drug-likeness (QED) is 0.350. The zero-order chi connectivity index (χ0) is 16.3. The average Bonchev–Trinajstić information content (AvgIpc) is 2.75. The van der Waals surface area contributed by atoms with Crippen molar-refractivity contribution in [1.29, 1.82) is 0 Å². The number of aromatic nitrogens is 2. The molecule has 0 fully saturated rings. The normalized spacial score (nSPS) is 11.1. The van der Waals surface area contributed by atoms with Crippen LogP contribution in [0.4, 0.5) is 0 Å². The fraction of sp³-hybridized carbons (Fsp3) is 0.533. The van der Waals surface area contributed by atoms with Gasteiger partial charge in [-0.1, -0.05) is 11.8 Å². The van der Waals surface area contributed by atoms with E-state index in [0.29, 0.717) is 24.6 Å². The lowest BCUT2D eigenvalue weighted by atomic mass is 10.2. The van der Waals surface area contributed by atoms with Crippen LogP contribution in [0.5, 0.6) is 0 Å². The van der Waals surface area contributed by atoms with Crippen molar-refractivity contribution < 1.29 is 9.53 Å². The molecule has 2 heterocycles. The highest BCUT2D eigenvalue weighted by Gasteiger charge is 2.14. The number of fused-ring (bicyclic) bond motifs is 1. The van der Waals surface area contributed by atoms with Gasteiger partial charge in [0.2, 0.25) is 0 Å². The van der Waals surface area contributed by atoms with Crippen molar-refractivity contribution in [1.82, 2.24) is 9.55 Å². The molecule has 0 radical (unpaired) electrons. The van der Waals surface area contributed by atoms with E-state index in [4.69, 9.17) is 4.74 Å². The van der Waals surface area contributed by atoms with Crippen molar-refractivity contribution in [2.45, 2.75) is 38.8 Å². The molecule has 0 aliphatic heterocycles. The third-order valence-corrected chi connectivity index (χ3v) is 5.65. The Morgan fingerprint density at radius 3 is 2.82 bits per heavy atom. The molecule has 2 aromatic heterocycles. The van der Waals surface area contributed by atoms with Crippen LogP contribution >= 0.6 is 23.1 Å². The molecule has 0 saturated heterocycles. The summed E-state index contributed by atoms with van der Waals surface area (Å²) in [6.45, 7) is 6.18. The third kappa shape index (κ3) is 3.52. The molecule has 0 atom stereocenters. The van der Waals surface area contributed by atoms with E-state index in [9.17, 15) is 9.59 Å². The summed E-state index contributed by atoms with van der Waals surface area (Å²) in [7, 11) is 1.74. The maximum atomic E-state index is 12.5. The summed E-state index contributed by atoms with van der Waals surface area (Å²) in [4.78, 5) is 30.3. The van der Waals surface area contributed by atoms with Gasteiger partial charge in [-0.2, -0.15) is 0 Å². The molecule has 22 heavy (non-hydrogen) atoms. The number of nitrogens with zero attached hydrogens (tertiary/aromatic N) is 2. The second-order valence-corrected chi connectivity index (χ2v) is 7.24. The predicted octanol–water partition coefficient (Wildman–Crippen LogP) is 3.05. The van der Waals surface area contributed by atoms with E-state index in [1.807, 2.05) is 13.8 Å². The molecule has 0 amide bonds. The van der Waals surface area contributed by atoms with Crippen LogP contribution in [-0.4, -0.2) is 27.9 Å². The summed E-state index contributed by atoms with van der Waals surface area (Å²) < 4.78 is 6.49. The molecule has 0 bridgehead atoms. The highest BCUT2D eigenvalue weighted by Crippen LogP contribution is 2.28. The second-order valence-electron chi connectivity index (χ2n) is 4.98. The van der Waals surface area contributed by atoms with E-state index in [1.165, 1.54) is 11.8 Å². The van der Waals surface area contributed by atoms with Gasteiger partial charge in [0.25, 0.3) is 5.56 Å². The molecular weight excluding hydrogens is 320 g/mol. The summed E-state index contributed by atoms with van der Waals surface area (Å²) in [5.41, 5.74) is 1.02. The van der Waals surface area contributed by atoms with Gasteiger partial charge in [0.05, 0.1) is 12.0 Å². The van der Waals surface area contributed by atoms with Crippen LogP contribution in [0, 0.1) is 13.8 Å². The Morgan fingerprint density at radius 2 is 2.14 bits per heavy atom. The maximum Gasteiger partial charge on any atom is 0.305 e. The molecule has 0 spiro atoms. The summed E-state index contributed by atoms with van der Waals surface area (Å²) in [5.74, 6) is 0.554. The molecule has 0 aromatic carbocycles. The fourth-order valence-electron chi connectivity index (χ4n) is 2.10. The van der Waals surface area contributed by atoms with Crippen LogP contribution < -0.4 is 5.56 Å². The van der Waals surface area contributed by atoms with E-state index in [2.05, 4.69) is 4.98 Å². The Labute approximate surface area is 137 Å². The van der Waals surface area contributed by atoms with Gasteiger partial charge in [-0.05, 0) is 32.8 Å². The first-order chi connectivity index (χ1) is 10.5. The molecule has 120 valence electrons. The standard InChI is InChI=1S/C15H20N2O3S2/c1-5-20-11(18)7-6-8-21-15-16-13-12(14(19)17(15)4)9(2)10(3)22-13/h5-8H2,1-4H3. The van der Waals surface area contributed by atoms with Crippen LogP contribution in [0.15, 0.2) is 9.95 Å². The highest BCUT2D eigenvalue weighted by molar-refractivity contribution is 7.99. The SMILES string of the molecule is CCOC(=O)CCCSc1nc2sc(C)c(C)c2c(=O)n1C. The average molecular weight is 340 g/mol. The van der Waals surface area contributed by atoms with Gasteiger partial charge < -0.3 is 4.74 Å². The largest absolute Gasteiger partial charge is 0.466 e. The first-order valence-corrected chi connectivity index (χ1v) is 9.01. The minimum Gasteiger partial charge on any atom is -0.466 e. The van der Waals surface area contributed by atoms with Crippen molar-refractivity contribution in [2.75, 3.05) is 12.4 Å². The predicted molar refractivity (Wildman–Crippen MR) is 90.9 cm³/mol. The number of carbonyl (C=O) groups excluding carboxylic acids is 1. The maximum absolute atomic E-state index is 12.5. The Hall–Kier alpha value is -1.34. The van der Waals surface area contributed by atoms with Gasteiger partial charge in [0.15, 0.2) is 5.16 Å². The Bertz CT molecular complexity index is 749. The van der Waals surface area contributed by atoms with Crippen molar-refractivity contribution in [3.8, 4) is 0 Å². The molecule has 0 N–H and O–H groups in total. The topological polar surface area (TPSA) is 61.2 Å². The van der Waals surface area contributed by atoms with Gasteiger partial charge in [-0.25, -0.2) is 4.98 Å². The summed E-state index contributed by atoms with van der Waals surface area (Å²) >= 11 is 3.06. The number of hydrogen-bond donors (Lipinski definition) is 0. The van der Waals surface area contributed by atoms with E-state index in [0.717, 1.165) is 26.4 Å². The van der Waals surface area contributed by atoms with E-state index in [-0.39, 0.29) is 11.5 Å². The molecule has 0 unspecified atom stereocenters. The number of hydrogen-bond acceptors (Lipinski definition) is 6. The zero-order valence-electron chi connectivity index (χ0n) is 13.3. The summed E-state index contributed by atoms with van der Waals surface area (Å²) in [6, 6.07) is 0. The van der Waals surface area contributed by atoms with Gasteiger partial charge in [0, 0.05) is 24.1 Å². The van der Waals surface area contributed by atoms with E-state index in [1.54, 1.807) is 29.9 Å². The Balaban J connectivity index is 2.11. The number of thiophene rings is 1. The first kappa shape index (κ1) is 17.0. The number of thioether (sulfide) groups is 1. The molecule has 2 aromatic rings. The number of ether oxygens (including phenoxy) is 1. The monoisotopic (exact) mass is 340 g/mol. The van der Waals surface area contributed by atoms with Crippen molar-refractivity contribution in [3.05, 3.63) is 20.8 Å². The van der Waals surface area contributed by atoms with Gasteiger partial charge in [-0.15, -0.1) is 11.3 Å². The van der Waals surface area contributed by atoms with E-state index < -0.39 is 0 Å². The molecule has 5 nitrogen and oxygen atoms in total. The molecular formula is C15H20N2O3S2. The zero-order valence-corrected chi connectivity index (χ0v) is 14.9. The number of carbonyl (C=O) groups is 1. The molecule has 7 heteroatoms. The number of esters is 1. The van der Waals surface area contributed by atoms with E-state index >= 15 is 0 Å². The fourth-order valence-corrected chi connectivity index (χ4v) is 4.08. The van der Waals surface area contributed by atoms with Crippen LogP contribution in [0.2, 0.25) is 0 Å². The molecule has 0 aliphatic rings. The highest BCUT2D eigenvalue weighted by atomic mass is 32.2. The third-order valence-electron chi connectivity index (χ3n) is 3.43. The Morgan fingerprint density at radius 1 is 1.41 bits per heavy atom.